The van der Waals surface area contributed by atoms with Crippen molar-refractivity contribution in [1.29, 1.82) is 0 Å². The zero-order valence-corrected chi connectivity index (χ0v) is 11.7. The number of rotatable bonds is 4. The summed E-state index contributed by atoms with van der Waals surface area (Å²) in [5.74, 6) is 0.316. The van der Waals surface area contributed by atoms with E-state index in [1.807, 2.05) is 0 Å². The quantitative estimate of drug-likeness (QED) is 0.890. The van der Waals surface area contributed by atoms with Gasteiger partial charge in [-0.25, -0.2) is 18.1 Å². The van der Waals surface area contributed by atoms with Gasteiger partial charge in [-0.3, -0.25) is 0 Å². The molecule has 8 heteroatoms. The molecule has 0 aliphatic carbocycles. The van der Waals surface area contributed by atoms with Crippen molar-refractivity contribution in [3.8, 4) is 0 Å². The third-order valence-corrected chi connectivity index (χ3v) is 4.90. The minimum atomic E-state index is -3.62. The maximum atomic E-state index is 12.0. The lowest BCUT2D eigenvalue weighted by Gasteiger charge is -2.21. The maximum absolute atomic E-state index is 12.0. The number of nitrogens with one attached hydrogen (secondary N) is 1. The van der Waals surface area contributed by atoms with Gasteiger partial charge in [0.1, 0.15) is 5.15 Å². The number of sulfonamides is 1. The molecule has 1 aromatic heterocycles. The van der Waals surface area contributed by atoms with E-state index in [4.69, 9.17) is 16.3 Å². The SMILES string of the molecule is Cn1cnc(S(=O)(=O)NCC2CCOCC2)c1Cl. The fourth-order valence-corrected chi connectivity index (χ4v) is 3.36. The van der Waals surface area contributed by atoms with Gasteiger partial charge in [-0.2, -0.15) is 0 Å². The Kier molecular flexibility index (Phi) is 4.26. The first-order valence-corrected chi connectivity index (χ1v) is 7.61. The second-order valence-electron chi connectivity index (χ2n) is 4.36. The molecule has 0 atom stereocenters. The minimum absolute atomic E-state index is 0.112. The summed E-state index contributed by atoms with van der Waals surface area (Å²) in [6.45, 7) is 1.78. The van der Waals surface area contributed by atoms with Crippen LogP contribution in [0.3, 0.4) is 0 Å². The molecule has 0 unspecified atom stereocenters. The van der Waals surface area contributed by atoms with Crippen molar-refractivity contribution in [3.05, 3.63) is 11.5 Å². The molecule has 6 nitrogen and oxygen atoms in total. The van der Waals surface area contributed by atoms with E-state index in [2.05, 4.69) is 9.71 Å². The molecule has 0 aromatic carbocycles. The van der Waals surface area contributed by atoms with Gasteiger partial charge in [0.05, 0.1) is 6.33 Å². The standard InChI is InChI=1S/C10H16ClN3O3S/c1-14-7-12-10(9(14)11)18(15,16)13-6-8-2-4-17-5-3-8/h7-8,13H,2-6H2,1H3. The molecule has 18 heavy (non-hydrogen) atoms. The Hall–Kier alpha value is -0.630. The van der Waals surface area contributed by atoms with Crippen LogP contribution in [0.25, 0.3) is 0 Å². The second kappa shape index (κ2) is 5.56. The van der Waals surface area contributed by atoms with E-state index >= 15 is 0 Å². The smallest absolute Gasteiger partial charge is 0.261 e. The van der Waals surface area contributed by atoms with Crippen LogP contribution in [0, 0.1) is 5.92 Å². The molecule has 2 rings (SSSR count). The van der Waals surface area contributed by atoms with Crippen molar-refractivity contribution in [2.45, 2.75) is 17.9 Å². The summed E-state index contributed by atoms with van der Waals surface area (Å²) in [4.78, 5) is 3.81. The fraction of sp³-hybridized carbons (Fsp3) is 0.700. The van der Waals surface area contributed by atoms with Crippen LogP contribution >= 0.6 is 11.6 Å². The molecule has 1 N–H and O–H groups in total. The van der Waals surface area contributed by atoms with E-state index in [0.717, 1.165) is 12.8 Å². The first-order valence-electron chi connectivity index (χ1n) is 5.75. The Bertz CT molecular complexity index is 508. The van der Waals surface area contributed by atoms with Crippen molar-refractivity contribution in [2.75, 3.05) is 19.8 Å². The Morgan fingerprint density at radius 3 is 2.78 bits per heavy atom. The lowest BCUT2D eigenvalue weighted by atomic mass is 10.0. The minimum Gasteiger partial charge on any atom is -0.381 e. The molecule has 0 radical (unpaired) electrons. The van der Waals surface area contributed by atoms with Crippen LogP contribution in [-0.2, 0) is 21.8 Å². The van der Waals surface area contributed by atoms with Gasteiger partial charge < -0.3 is 9.30 Å². The summed E-state index contributed by atoms with van der Waals surface area (Å²) in [5, 5.41) is 0.00760. The van der Waals surface area contributed by atoms with Gasteiger partial charge >= 0.3 is 0 Å². The van der Waals surface area contributed by atoms with Gasteiger partial charge in [0.15, 0.2) is 0 Å². The maximum Gasteiger partial charge on any atom is 0.261 e. The van der Waals surface area contributed by atoms with Crippen LogP contribution in [0.1, 0.15) is 12.8 Å². The van der Waals surface area contributed by atoms with Gasteiger partial charge in [-0.05, 0) is 18.8 Å². The highest BCUT2D eigenvalue weighted by Crippen LogP contribution is 2.19. The second-order valence-corrected chi connectivity index (χ2v) is 6.40. The van der Waals surface area contributed by atoms with Crippen molar-refractivity contribution in [2.24, 2.45) is 13.0 Å². The van der Waals surface area contributed by atoms with Crippen LogP contribution in [-0.4, -0.2) is 37.7 Å². The number of imidazole rings is 1. The molecule has 1 aromatic rings. The summed E-state index contributed by atoms with van der Waals surface area (Å²) >= 11 is 5.88. The van der Waals surface area contributed by atoms with E-state index in [-0.39, 0.29) is 10.2 Å². The molecule has 0 saturated carbocycles. The van der Waals surface area contributed by atoms with Gasteiger partial charge in [-0.1, -0.05) is 11.6 Å². The van der Waals surface area contributed by atoms with Gasteiger partial charge in [0, 0.05) is 26.8 Å². The molecule has 0 spiro atoms. The number of halogens is 1. The van der Waals surface area contributed by atoms with Crippen molar-refractivity contribution >= 4 is 21.6 Å². The van der Waals surface area contributed by atoms with Crippen molar-refractivity contribution in [3.63, 3.8) is 0 Å². The average molecular weight is 294 g/mol. The van der Waals surface area contributed by atoms with Crippen LogP contribution in [0.5, 0.6) is 0 Å². The number of hydrogen-bond acceptors (Lipinski definition) is 4. The number of aryl methyl sites for hydroxylation is 1. The number of aromatic nitrogens is 2. The highest BCUT2D eigenvalue weighted by Gasteiger charge is 2.24. The zero-order valence-electron chi connectivity index (χ0n) is 10.1. The Balaban J connectivity index is 2.01. The van der Waals surface area contributed by atoms with Crippen molar-refractivity contribution < 1.29 is 13.2 Å². The van der Waals surface area contributed by atoms with Crippen LogP contribution in [0.4, 0.5) is 0 Å². The van der Waals surface area contributed by atoms with Gasteiger partial charge in [0.25, 0.3) is 10.0 Å². The van der Waals surface area contributed by atoms with Crippen molar-refractivity contribution in [1.82, 2.24) is 14.3 Å². The lowest BCUT2D eigenvalue weighted by molar-refractivity contribution is 0.0678. The molecule has 1 aliphatic rings. The molecule has 1 saturated heterocycles. The fourth-order valence-electron chi connectivity index (χ4n) is 1.82. The Labute approximate surface area is 111 Å². The third kappa shape index (κ3) is 3.03. The normalized spacial score (nSPS) is 18.1. The summed E-state index contributed by atoms with van der Waals surface area (Å²) in [7, 11) is -1.98. The molecule has 0 amide bonds. The largest absolute Gasteiger partial charge is 0.381 e. The molecule has 1 fully saturated rings. The average Bonchev–Trinajstić information content (AvgIpc) is 2.70. The van der Waals surface area contributed by atoms with E-state index in [0.29, 0.717) is 25.7 Å². The van der Waals surface area contributed by atoms with E-state index in [1.54, 1.807) is 7.05 Å². The summed E-state index contributed by atoms with van der Waals surface area (Å²) in [5.41, 5.74) is 0. The monoisotopic (exact) mass is 293 g/mol. The first-order chi connectivity index (χ1) is 8.50. The summed E-state index contributed by atoms with van der Waals surface area (Å²) in [6, 6.07) is 0. The summed E-state index contributed by atoms with van der Waals surface area (Å²) in [6.07, 6.45) is 3.13. The van der Waals surface area contributed by atoms with E-state index in [9.17, 15) is 8.42 Å². The predicted octanol–water partition coefficient (Wildman–Crippen LogP) is 0.778. The van der Waals surface area contributed by atoms with E-state index < -0.39 is 10.0 Å². The Morgan fingerprint density at radius 1 is 1.56 bits per heavy atom. The molecular formula is C10H16ClN3O3S. The highest BCUT2D eigenvalue weighted by molar-refractivity contribution is 7.89. The molecule has 1 aliphatic heterocycles. The van der Waals surface area contributed by atoms with Gasteiger partial charge in [-0.15, -0.1) is 0 Å². The number of nitrogens with zero attached hydrogens (tertiary/aromatic N) is 2. The van der Waals surface area contributed by atoms with Crippen LogP contribution in [0.2, 0.25) is 5.15 Å². The van der Waals surface area contributed by atoms with Gasteiger partial charge in [0.2, 0.25) is 5.03 Å². The highest BCUT2D eigenvalue weighted by atomic mass is 35.5. The summed E-state index contributed by atoms with van der Waals surface area (Å²) < 4.78 is 33.3. The number of hydrogen-bond donors (Lipinski definition) is 1. The molecule has 2 heterocycles. The Morgan fingerprint density at radius 2 is 2.22 bits per heavy atom. The topological polar surface area (TPSA) is 73.2 Å². The molecular weight excluding hydrogens is 278 g/mol. The predicted molar refractivity (Wildman–Crippen MR) is 66.9 cm³/mol. The third-order valence-electron chi connectivity index (χ3n) is 2.99. The molecule has 102 valence electrons. The number of ether oxygens (including phenoxy) is 1. The lowest BCUT2D eigenvalue weighted by Crippen LogP contribution is -2.32. The zero-order chi connectivity index (χ0) is 13.2. The molecule has 0 bridgehead atoms. The first kappa shape index (κ1) is 13.8. The van der Waals surface area contributed by atoms with E-state index in [1.165, 1.54) is 10.9 Å². The van der Waals surface area contributed by atoms with Crippen LogP contribution < -0.4 is 4.72 Å². The van der Waals surface area contributed by atoms with Crippen LogP contribution in [0.15, 0.2) is 11.4 Å².